The van der Waals surface area contributed by atoms with Crippen molar-refractivity contribution in [3.8, 4) is 0 Å². The van der Waals surface area contributed by atoms with Crippen LogP contribution in [-0.4, -0.2) is 31.5 Å². The van der Waals surface area contributed by atoms with E-state index in [1.54, 1.807) is 6.92 Å². The van der Waals surface area contributed by atoms with Crippen molar-refractivity contribution in [1.82, 2.24) is 0 Å². The maximum atomic E-state index is 12.5. The van der Waals surface area contributed by atoms with E-state index in [2.05, 4.69) is 18.3 Å². The summed E-state index contributed by atoms with van der Waals surface area (Å²) in [6, 6.07) is 5.74. The molecule has 1 aromatic carbocycles. The van der Waals surface area contributed by atoms with Gasteiger partial charge in [0.05, 0.1) is 12.0 Å². The molecule has 1 atom stereocenters. The van der Waals surface area contributed by atoms with Crippen molar-refractivity contribution in [2.45, 2.75) is 54.9 Å². The number of aliphatic imine (C=N–C) groups is 2. The number of rotatable bonds is 13. The zero-order chi connectivity index (χ0) is 27.7. The molecule has 0 spiro atoms. The SMILES string of the molecule is C=N/C(N)=C(\C(C)=N/C/C(=C/C)c1ccc(Cl)cc1C)[C@@](C)(C=O)C(=C)S/C=C(\C)CC(C)(C)C=O. The second-order valence-corrected chi connectivity index (χ2v) is 11.1. The van der Waals surface area contributed by atoms with Crippen molar-refractivity contribution in [1.29, 1.82) is 0 Å². The zero-order valence-electron chi connectivity index (χ0n) is 22.4. The number of hydrogen-bond acceptors (Lipinski definition) is 6. The van der Waals surface area contributed by atoms with Crippen LogP contribution in [0, 0.1) is 17.8 Å². The lowest BCUT2D eigenvalue weighted by molar-refractivity contribution is -0.114. The predicted octanol–water partition coefficient (Wildman–Crippen LogP) is 7.35. The smallest absolute Gasteiger partial charge is 0.135 e. The van der Waals surface area contributed by atoms with E-state index < -0.39 is 10.8 Å². The Labute approximate surface area is 225 Å². The van der Waals surface area contributed by atoms with Crippen LogP contribution in [0.15, 0.2) is 68.1 Å². The fourth-order valence-corrected chi connectivity index (χ4v) is 4.92. The van der Waals surface area contributed by atoms with Crippen LogP contribution in [0.1, 0.15) is 59.1 Å². The Morgan fingerprint density at radius 1 is 1.19 bits per heavy atom. The van der Waals surface area contributed by atoms with Gasteiger partial charge in [-0.3, -0.25) is 4.99 Å². The van der Waals surface area contributed by atoms with Crippen LogP contribution in [0.5, 0.6) is 0 Å². The highest BCUT2D eigenvalue weighted by atomic mass is 35.5. The summed E-state index contributed by atoms with van der Waals surface area (Å²) >= 11 is 7.45. The normalized spacial score (nSPS) is 15.6. The molecule has 0 unspecified atom stereocenters. The van der Waals surface area contributed by atoms with Crippen LogP contribution in [-0.2, 0) is 9.59 Å². The van der Waals surface area contributed by atoms with Crippen molar-refractivity contribution in [2.24, 2.45) is 26.5 Å². The standard InChI is InChI=1S/C29H38ClN3O2S/c1-10-23(25-12-11-24(30)13-20(25)3)15-33-21(4)26(27(31)32-9)29(8,18-35)22(5)36-16-19(2)14-28(6,7)17-34/h10-13,16-18H,5,9,14-15,31H2,1-4,6-8H3/b19-16+,23-10-,27-26+,33-21-/t29-/m0/s1. The van der Waals surface area contributed by atoms with Crippen LogP contribution >= 0.6 is 23.4 Å². The summed E-state index contributed by atoms with van der Waals surface area (Å²) in [6.07, 6.45) is 4.37. The van der Waals surface area contributed by atoms with E-state index in [1.165, 1.54) is 11.8 Å². The molecule has 0 aliphatic carbocycles. The first-order valence-electron chi connectivity index (χ1n) is 11.6. The maximum absolute atomic E-state index is 12.5. The number of aryl methyl sites for hydroxylation is 1. The molecule has 1 rings (SSSR count). The Morgan fingerprint density at radius 3 is 2.33 bits per heavy atom. The molecular weight excluding hydrogens is 490 g/mol. The second-order valence-electron chi connectivity index (χ2n) is 9.70. The van der Waals surface area contributed by atoms with E-state index in [9.17, 15) is 9.59 Å². The van der Waals surface area contributed by atoms with Gasteiger partial charge in [-0.1, -0.05) is 49.7 Å². The van der Waals surface area contributed by atoms with Crippen molar-refractivity contribution in [2.75, 3.05) is 6.54 Å². The Kier molecular flexibility index (Phi) is 11.8. The molecule has 0 saturated heterocycles. The first-order chi connectivity index (χ1) is 16.8. The van der Waals surface area contributed by atoms with Crippen molar-refractivity contribution in [3.63, 3.8) is 0 Å². The summed E-state index contributed by atoms with van der Waals surface area (Å²) in [6.45, 7) is 21.4. The van der Waals surface area contributed by atoms with Crippen LogP contribution in [0.25, 0.3) is 5.57 Å². The summed E-state index contributed by atoms with van der Waals surface area (Å²) in [4.78, 5) is 33.0. The average molecular weight is 528 g/mol. The molecule has 2 N–H and O–H groups in total. The third-order valence-electron chi connectivity index (χ3n) is 5.95. The van der Waals surface area contributed by atoms with Gasteiger partial charge in [0.2, 0.25) is 0 Å². The lowest BCUT2D eigenvalue weighted by Crippen LogP contribution is -2.29. The Balaban J connectivity index is 3.35. The third kappa shape index (κ3) is 8.17. The molecule has 194 valence electrons. The maximum Gasteiger partial charge on any atom is 0.135 e. The van der Waals surface area contributed by atoms with Crippen molar-refractivity contribution < 1.29 is 9.59 Å². The molecule has 0 amide bonds. The van der Waals surface area contributed by atoms with E-state index in [4.69, 9.17) is 22.3 Å². The molecule has 0 heterocycles. The van der Waals surface area contributed by atoms with Gasteiger partial charge in [0.15, 0.2) is 0 Å². The van der Waals surface area contributed by atoms with Crippen LogP contribution in [0.3, 0.4) is 0 Å². The molecule has 0 saturated carbocycles. The molecule has 1 aromatic rings. The van der Waals surface area contributed by atoms with E-state index in [0.717, 1.165) is 34.8 Å². The van der Waals surface area contributed by atoms with Gasteiger partial charge in [-0.2, -0.15) is 0 Å². The lowest BCUT2D eigenvalue weighted by Gasteiger charge is -2.29. The van der Waals surface area contributed by atoms with Gasteiger partial charge in [-0.05, 0) is 86.9 Å². The molecule has 5 nitrogen and oxygen atoms in total. The van der Waals surface area contributed by atoms with Gasteiger partial charge in [-0.25, -0.2) is 4.99 Å². The van der Waals surface area contributed by atoms with Crippen LogP contribution in [0.4, 0.5) is 0 Å². The molecule has 0 aliphatic heterocycles. The number of thioether (sulfide) groups is 1. The van der Waals surface area contributed by atoms with E-state index in [1.807, 2.05) is 71.2 Å². The number of allylic oxidation sites excluding steroid dienone is 4. The fourth-order valence-electron chi connectivity index (χ4n) is 3.87. The molecular formula is C29H38ClN3O2S. The average Bonchev–Trinajstić information content (AvgIpc) is 2.83. The Bertz CT molecular complexity index is 1150. The molecule has 36 heavy (non-hydrogen) atoms. The molecule has 7 heteroatoms. The number of hydrogen-bond donors (Lipinski definition) is 1. The van der Waals surface area contributed by atoms with Gasteiger partial charge in [-0.15, -0.1) is 11.8 Å². The van der Waals surface area contributed by atoms with Gasteiger partial charge in [0.1, 0.15) is 18.4 Å². The van der Waals surface area contributed by atoms with E-state index in [0.29, 0.717) is 34.2 Å². The second kappa shape index (κ2) is 13.6. The summed E-state index contributed by atoms with van der Waals surface area (Å²) in [7, 11) is 0. The number of nitrogens with two attached hydrogens (primary N) is 1. The van der Waals surface area contributed by atoms with Gasteiger partial charge < -0.3 is 15.3 Å². The highest BCUT2D eigenvalue weighted by Gasteiger charge is 2.36. The first-order valence-corrected chi connectivity index (χ1v) is 12.9. The van der Waals surface area contributed by atoms with Gasteiger partial charge in [0, 0.05) is 21.7 Å². The minimum atomic E-state index is -1.16. The topological polar surface area (TPSA) is 84.9 Å². The summed E-state index contributed by atoms with van der Waals surface area (Å²) in [5.74, 6) is 0.125. The zero-order valence-corrected chi connectivity index (χ0v) is 24.0. The summed E-state index contributed by atoms with van der Waals surface area (Å²) in [5.41, 5.74) is 9.79. The minimum absolute atomic E-state index is 0.125. The van der Waals surface area contributed by atoms with Crippen molar-refractivity contribution in [3.05, 3.63) is 74.3 Å². The van der Waals surface area contributed by atoms with Gasteiger partial charge in [0.25, 0.3) is 0 Å². The molecule has 0 radical (unpaired) electrons. The Morgan fingerprint density at radius 2 is 1.83 bits per heavy atom. The summed E-state index contributed by atoms with van der Waals surface area (Å²) < 4.78 is 0. The van der Waals surface area contributed by atoms with E-state index >= 15 is 0 Å². The fraction of sp³-hybridized carbons (Fsp3) is 0.379. The molecule has 0 aliphatic rings. The number of nitrogens with zero attached hydrogens (tertiary/aromatic N) is 2. The molecule has 0 bridgehead atoms. The first kappa shape index (κ1) is 31.3. The molecule has 0 fully saturated rings. The Hall–Kier alpha value is -2.70. The van der Waals surface area contributed by atoms with Gasteiger partial charge >= 0.3 is 0 Å². The monoisotopic (exact) mass is 527 g/mol. The largest absolute Gasteiger partial charge is 0.383 e. The third-order valence-corrected chi connectivity index (χ3v) is 7.41. The van der Waals surface area contributed by atoms with E-state index in [-0.39, 0.29) is 5.82 Å². The minimum Gasteiger partial charge on any atom is -0.383 e. The highest BCUT2D eigenvalue weighted by molar-refractivity contribution is 8.05. The number of halogens is 1. The predicted molar refractivity (Wildman–Crippen MR) is 158 cm³/mol. The number of carbonyl (C=O) groups excluding carboxylic acids is 2. The lowest BCUT2D eigenvalue weighted by atomic mass is 9.80. The number of aldehydes is 2. The quantitative estimate of drug-likeness (QED) is 0.214. The molecule has 0 aromatic heterocycles. The number of benzene rings is 1. The highest BCUT2D eigenvalue weighted by Crippen LogP contribution is 2.42. The van der Waals surface area contributed by atoms with Crippen LogP contribution < -0.4 is 5.73 Å². The number of carbonyl (C=O) groups is 2. The summed E-state index contributed by atoms with van der Waals surface area (Å²) in [5, 5.41) is 2.59. The van der Waals surface area contributed by atoms with Crippen molar-refractivity contribution >= 4 is 53.9 Å². The van der Waals surface area contributed by atoms with Crippen LogP contribution in [0.2, 0.25) is 5.02 Å².